The molecule has 0 saturated carbocycles. The number of hydrogen-bond acceptors (Lipinski definition) is 4. The first-order chi connectivity index (χ1) is 10.5. The van der Waals surface area contributed by atoms with Crippen LogP contribution in [-0.4, -0.2) is 51.6 Å². The number of hydrogen-bond donors (Lipinski definition) is 2. The molecule has 2 aliphatic heterocycles. The number of likely N-dealkylation sites (tertiary alicyclic amines) is 1. The van der Waals surface area contributed by atoms with Gasteiger partial charge in [-0.15, -0.1) is 0 Å². The zero-order chi connectivity index (χ0) is 15.7. The van der Waals surface area contributed by atoms with Crippen molar-refractivity contribution in [3.63, 3.8) is 0 Å². The second-order valence-corrected chi connectivity index (χ2v) is 7.13. The van der Waals surface area contributed by atoms with Crippen LogP contribution in [0.2, 0.25) is 0 Å². The van der Waals surface area contributed by atoms with Gasteiger partial charge in [-0.3, -0.25) is 0 Å². The summed E-state index contributed by atoms with van der Waals surface area (Å²) in [7, 11) is -2.02. The van der Waals surface area contributed by atoms with Gasteiger partial charge < -0.3 is 15.0 Å². The molecule has 1 fully saturated rings. The maximum atomic E-state index is 12.4. The lowest BCUT2D eigenvalue weighted by Gasteiger charge is -2.22. The third-order valence-electron chi connectivity index (χ3n) is 4.07. The Morgan fingerprint density at radius 3 is 2.82 bits per heavy atom. The number of nitrogens with zero attached hydrogens (tertiary/aromatic N) is 1. The van der Waals surface area contributed by atoms with E-state index in [1.54, 1.807) is 36.2 Å². The maximum Gasteiger partial charge on any atom is 0.317 e. The van der Waals surface area contributed by atoms with Gasteiger partial charge in [-0.25, -0.2) is 17.9 Å². The Bertz CT molecular complexity index is 676. The molecule has 1 aromatic rings. The van der Waals surface area contributed by atoms with Gasteiger partial charge in [0.05, 0.1) is 6.04 Å². The number of fused-ring (bicyclic) bond motifs is 2. The van der Waals surface area contributed by atoms with E-state index >= 15 is 0 Å². The zero-order valence-corrected chi connectivity index (χ0v) is 13.1. The van der Waals surface area contributed by atoms with Crippen molar-refractivity contribution >= 4 is 16.1 Å². The van der Waals surface area contributed by atoms with Crippen LogP contribution in [0.25, 0.3) is 0 Å². The molecule has 0 radical (unpaired) electrons. The number of amides is 2. The lowest BCUT2D eigenvalue weighted by Crippen LogP contribution is -2.43. The summed E-state index contributed by atoms with van der Waals surface area (Å²) in [4.78, 5) is 13.6. The van der Waals surface area contributed by atoms with Crippen LogP contribution in [-0.2, 0) is 10.0 Å². The molecule has 2 aliphatic rings. The molecule has 2 heterocycles. The quantitative estimate of drug-likeness (QED) is 0.728. The highest BCUT2D eigenvalue weighted by Gasteiger charge is 2.37. The summed E-state index contributed by atoms with van der Waals surface area (Å²) in [5.74, 6) is 0.371. The fourth-order valence-corrected chi connectivity index (χ4v) is 4.34. The number of rotatable bonds is 0. The number of carbonyl (C=O) groups excluding carboxylic acids is 1. The molecule has 0 bridgehead atoms. The molecule has 0 unspecified atom stereocenters. The zero-order valence-electron chi connectivity index (χ0n) is 12.3. The van der Waals surface area contributed by atoms with Crippen LogP contribution in [0, 0.1) is 0 Å². The Morgan fingerprint density at radius 2 is 2.05 bits per heavy atom. The van der Waals surface area contributed by atoms with Crippen molar-refractivity contribution in [2.24, 2.45) is 0 Å². The van der Waals surface area contributed by atoms with Gasteiger partial charge in [-0.2, -0.15) is 0 Å². The van der Waals surface area contributed by atoms with Crippen LogP contribution in [0.5, 0.6) is 5.75 Å². The Labute approximate surface area is 129 Å². The largest absolute Gasteiger partial charge is 0.487 e. The van der Waals surface area contributed by atoms with E-state index in [4.69, 9.17) is 4.74 Å². The Kier molecular flexibility index (Phi) is 3.96. The first kappa shape index (κ1) is 15.1. The molecule has 8 heteroatoms. The van der Waals surface area contributed by atoms with Crippen molar-refractivity contribution < 1.29 is 17.9 Å². The van der Waals surface area contributed by atoms with Gasteiger partial charge >= 0.3 is 6.03 Å². The van der Waals surface area contributed by atoms with Gasteiger partial charge in [0.1, 0.15) is 16.7 Å². The van der Waals surface area contributed by atoms with Gasteiger partial charge in [0.15, 0.2) is 0 Å². The molecular formula is C14H19N3O4S. The van der Waals surface area contributed by atoms with E-state index in [0.29, 0.717) is 31.7 Å². The fourth-order valence-electron chi connectivity index (χ4n) is 2.91. The van der Waals surface area contributed by atoms with Gasteiger partial charge in [0.2, 0.25) is 10.0 Å². The first-order valence-corrected chi connectivity index (χ1v) is 8.74. The molecule has 7 nitrogen and oxygen atoms in total. The summed E-state index contributed by atoms with van der Waals surface area (Å²) in [6, 6.07) is 6.14. The van der Waals surface area contributed by atoms with E-state index in [-0.39, 0.29) is 23.1 Å². The van der Waals surface area contributed by atoms with Crippen LogP contribution in [0.4, 0.5) is 4.79 Å². The second kappa shape index (κ2) is 5.77. The fraction of sp³-hybridized carbons (Fsp3) is 0.500. The molecule has 120 valence electrons. The van der Waals surface area contributed by atoms with Crippen LogP contribution in [0.15, 0.2) is 29.2 Å². The van der Waals surface area contributed by atoms with Crippen LogP contribution in [0.3, 0.4) is 0 Å². The van der Waals surface area contributed by atoms with Crippen LogP contribution < -0.4 is 14.8 Å². The second-order valence-electron chi connectivity index (χ2n) is 5.45. The predicted octanol–water partition coefficient (Wildman–Crippen LogP) is 0.530. The van der Waals surface area contributed by atoms with Crippen molar-refractivity contribution in [2.45, 2.75) is 29.9 Å². The number of urea groups is 1. The minimum Gasteiger partial charge on any atom is -0.487 e. The van der Waals surface area contributed by atoms with Crippen molar-refractivity contribution in [3.8, 4) is 5.75 Å². The van der Waals surface area contributed by atoms with Gasteiger partial charge in [-0.05, 0) is 18.6 Å². The Balaban J connectivity index is 1.88. The SMILES string of the molecule is CNC(=O)N1CC[C@@H]2NS(=O)(=O)c3ccccc3O[C@H]2CC1. The molecule has 1 aromatic carbocycles. The molecule has 0 aromatic heterocycles. The summed E-state index contributed by atoms with van der Waals surface area (Å²) in [6.07, 6.45) is 0.813. The van der Waals surface area contributed by atoms with Crippen molar-refractivity contribution in [2.75, 3.05) is 20.1 Å². The number of carbonyl (C=O) groups is 1. The lowest BCUT2D eigenvalue weighted by molar-refractivity contribution is 0.157. The van der Waals surface area contributed by atoms with E-state index in [9.17, 15) is 13.2 Å². The van der Waals surface area contributed by atoms with Gasteiger partial charge in [0, 0.05) is 26.6 Å². The number of sulfonamides is 1. The molecule has 0 aliphatic carbocycles. The minimum atomic E-state index is -3.60. The van der Waals surface area contributed by atoms with E-state index in [0.717, 1.165) is 0 Å². The minimum absolute atomic E-state index is 0.153. The monoisotopic (exact) mass is 325 g/mol. The molecule has 2 amide bonds. The molecule has 0 spiro atoms. The molecule has 1 saturated heterocycles. The number of para-hydroxylation sites is 1. The van der Waals surface area contributed by atoms with Crippen LogP contribution >= 0.6 is 0 Å². The van der Waals surface area contributed by atoms with E-state index in [1.165, 1.54) is 0 Å². The average Bonchev–Trinajstić information content (AvgIpc) is 2.75. The number of nitrogens with one attached hydrogen (secondary N) is 2. The highest BCUT2D eigenvalue weighted by atomic mass is 32.2. The third kappa shape index (κ3) is 2.76. The predicted molar refractivity (Wildman–Crippen MR) is 80.2 cm³/mol. The number of benzene rings is 1. The third-order valence-corrected chi connectivity index (χ3v) is 5.60. The molecule has 3 rings (SSSR count). The summed E-state index contributed by atoms with van der Waals surface area (Å²) in [5.41, 5.74) is 0. The number of ether oxygens (including phenoxy) is 1. The van der Waals surface area contributed by atoms with Crippen molar-refractivity contribution in [3.05, 3.63) is 24.3 Å². The lowest BCUT2D eigenvalue weighted by atomic mass is 10.1. The molecular weight excluding hydrogens is 306 g/mol. The highest BCUT2D eigenvalue weighted by Crippen LogP contribution is 2.30. The Morgan fingerprint density at radius 1 is 1.32 bits per heavy atom. The van der Waals surface area contributed by atoms with Gasteiger partial charge in [-0.1, -0.05) is 12.1 Å². The van der Waals surface area contributed by atoms with E-state index in [2.05, 4.69) is 10.0 Å². The topological polar surface area (TPSA) is 87.7 Å². The summed E-state index contributed by atoms with van der Waals surface area (Å²) in [5, 5.41) is 2.60. The molecule has 22 heavy (non-hydrogen) atoms. The molecule has 2 N–H and O–H groups in total. The van der Waals surface area contributed by atoms with E-state index < -0.39 is 10.0 Å². The first-order valence-electron chi connectivity index (χ1n) is 7.26. The summed E-state index contributed by atoms with van der Waals surface area (Å²) >= 11 is 0. The molecule has 2 atom stereocenters. The van der Waals surface area contributed by atoms with Gasteiger partial charge in [0.25, 0.3) is 0 Å². The summed E-state index contributed by atoms with van der Waals surface area (Å²) < 4.78 is 33.6. The highest BCUT2D eigenvalue weighted by molar-refractivity contribution is 7.89. The maximum absolute atomic E-state index is 12.4. The standard InChI is InChI=1S/C14H19N3O4S/c1-15-14(18)17-8-6-10-11(7-9-17)21-12-4-2-3-5-13(12)22(19,20)16-10/h2-5,10-11,16H,6-9H2,1H3,(H,15,18)/t10-,11-/m0/s1. The van der Waals surface area contributed by atoms with Crippen molar-refractivity contribution in [1.82, 2.24) is 14.9 Å². The summed E-state index contributed by atoms with van der Waals surface area (Å²) in [6.45, 7) is 1.02. The van der Waals surface area contributed by atoms with Crippen molar-refractivity contribution in [1.29, 1.82) is 0 Å². The van der Waals surface area contributed by atoms with Crippen LogP contribution in [0.1, 0.15) is 12.8 Å². The normalized spacial score (nSPS) is 26.7. The smallest absolute Gasteiger partial charge is 0.317 e. The van der Waals surface area contributed by atoms with E-state index in [1.807, 2.05) is 0 Å². The Hall–Kier alpha value is -1.80. The average molecular weight is 325 g/mol.